The second-order valence-corrected chi connectivity index (χ2v) is 4.47. The van der Waals surface area contributed by atoms with E-state index in [4.69, 9.17) is 0 Å². The first kappa shape index (κ1) is 12.5. The largest absolute Gasteiger partial charge is 0.289 e. The van der Waals surface area contributed by atoms with E-state index >= 15 is 0 Å². The molecule has 1 aromatic carbocycles. The molecule has 0 saturated carbocycles. The Kier molecular flexibility index (Phi) is 3.56. The van der Waals surface area contributed by atoms with Gasteiger partial charge in [0.2, 0.25) is 0 Å². The van der Waals surface area contributed by atoms with Crippen LogP contribution in [0.25, 0.3) is 0 Å². The van der Waals surface area contributed by atoms with Crippen LogP contribution >= 0.6 is 0 Å². The Bertz CT molecular complexity index is 587. The normalized spacial score (nSPS) is 10.4. The third-order valence-corrected chi connectivity index (χ3v) is 3.07. The maximum absolute atomic E-state index is 12.4. The quantitative estimate of drug-likeness (QED) is 0.767. The fourth-order valence-corrected chi connectivity index (χ4v) is 2.01. The number of pyridine rings is 1. The fourth-order valence-electron chi connectivity index (χ4n) is 2.01. The van der Waals surface area contributed by atoms with Crippen molar-refractivity contribution in [1.82, 2.24) is 4.98 Å². The Hall–Kier alpha value is -1.96. The van der Waals surface area contributed by atoms with E-state index in [9.17, 15) is 4.79 Å². The van der Waals surface area contributed by atoms with Gasteiger partial charge in [-0.25, -0.2) is 0 Å². The zero-order valence-corrected chi connectivity index (χ0v) is 11.0. The molecule has 0 radical (unpaired) electrons. The number of nitrogens with zero attached hydrogens (tertiary/aromatic N) is 1. The molecule has 0 aliphatic heterocycles. The van der Waals surface area contributed by atoms with E-state index in [1.807, 2.05) is 50.2 Å². The first-order chi connectivity index (χ1) is 8.61. The first-order valence-electron chi connectivity index (χ1n) is 6.19. The molecule has 0 amide bonds. The summed E-state index contributed by atoms with van der Waals surface area (Å²) in [5.74, 6) is 0.0512. The summed E-state index contributed by atoms with van der Waals surface area (Å²) in [6.07, 6.45) is 0.937. The summed E-state index contributed by atoms with van der Waals surface area (Å²) >= 11 is 0. The van der Waals surface area contributed by atoms with Crippen molar-refractivity contribution >= 4 is 5.78 Å². The van der Waals surface area contributed by atoms with Crippen LogP contribution in [0.5, 0.6) is 0 Å². The van der Waals surface area contributed by atoms with Crippen molar-refractivity contribution in [2.75, 3.05) is 0 Å². The highest BCUT2D eigenvalue weighted by Gasteiger charge is 2.12. The average Bonchev–Trinajstić information content (AvgIpc) is 2.38. The number of aromatic nitrogens is 1. The summed E-state index contributed by atoms with van der Waals surface area (Å²) in [6.45, 7) is 5.89. The van der Waals surface area contributed by atoms with Gasteiger partial charge in [0.05, 0.1) is 0 Å². The standard InChI is InChI=1S/C16H17NO/c1-4-13-6-5-7-14(10-13)16(18)15-9-8-11(2)17-12(15)3/h5-10H,4H2,1-3H3. The highest BCUT2D eigenvalue weighted by Crippen LogP contribution is 2.15. The average molecular weight is 239 g/mol. The van der Waals surface area contributed by atoms with Crippen molar-refractivity contribution in [1.29, 1.82) is 0 Å². The summed E-state index contributed by atoms with van der Waals surface area (Å²) in [6, 6.07) is 11.5. The van der Waals surface area contributed by atoms with Crippen LogP contribution in [-0.2, 0) is 6.42 Å². The summed E-state index contributed by atoms with van der Waals surface area (Å²) in [7, 11) is 0. The van der Waals surface area contributed by atoms with Gasteiger partial charge in [-0.2, -0.15) is 0 Å². The number of hydrogen-bond acceptors (Lipinski definition) is 2. The van der Waals surface area contributed by atoms with E-state index in [1.165, 1.54) is 5.56 Å². The van der Waals surface area contributed by atoms with Gasteiger partial charge < -0.3 is 0 Å². The van der Waals surface area contributed by atoms with Gasteiger partial charge in [0, 0.05) is 22.5 Å². The topological polar surface area (TPSA) is 30.0 Å². The number of hydrogen-bond donors (Lipinski definition) is 0. The van der Waals surface area contributed by atoms with Crippen molar-refractivity contribution in [2.45, 2.75) is 27.2 Å². The van der Waals surface area contributed by atoms with Gasteiger partial charge in [-0.15, -0.1) is 0 Å². The predicted molar refractivity (Wildman–Crippen MR) is 73.0 cm³/mol. The summed E-state index contributed by atoms with van der Waals surface area (Å²) in [4.78, 5) is 16.7. The van der Waals surface area contributed by atoms with Crippen LogP contribution in [0, 0.1) is 13.8 Å². The minimum atomic E-state index is 0.0512. The Labute approximate surface area is 108 Å². The molecule has 0 unspecified atom stereocenters. The molecule has 2 nitrogen and oxygen atoms in total. The van der Waals surface area contributed by atoms with Crippen LogP contribution in [0.3, 0.4) is 0 Å². The Morgan fingerprint density at radius 2 is 1.94 bits per heavy atom. The molecule has 0 bridgehead atoms. The van der Waals surface area contributed by atoms with Crippen molar-refractivity contribution in [3.05, 3.63) is 64.5 Å². The predicted octanol–water partition coefficient (Wildman–Crippen LogP) is 3.49. The Balaban J connectivity index is 2.41. The molecule has 2 rings (SSSR count). The molecule has 0 spiro atoms. The molecule has 92 valence electrons. The van der Waals surface area contributed by atoms with Gasteiger partial charge in [0.25, 0.3) is 0 Å². The van der Waals surface area contributed by atoms with Gasteiger partial charge in [-0.05, 0) is 44.0 Å². The molecule has 2 heteroatoms. The zero-order valence-electron chi connectivity index (χ0n) is 11.0. The molecule has 0 aliphatic rings. The lowest BCUT2D eigenvalue weighted by molar-refractivity contribution is 0.103. The summed E-state index contributed by atoms with van der Waals surface area (Å²) < 4.78 is 0. The number of aryl methyl sites for hydroxylation is 3. The van der Waals surface area contributed by atoms with Crippen LogP contribution in [0.15, 0.2) is 36.4 Å². The minimum absolute atomic E-state index is 0.0512. The lowest BCUT2D eigenvalue weighted by atomic mass is 9.99. The van der Waals surface area contributed by atoms with Crippen LogP contribution in [0.1, 0.15) is 39.8 Å². The molecule has 0 aliphatic carbocycles. The summed E-state index contributed by atoms with van der Waals surface area (Å²) in [5, 5.41) is 0. The van der Waals surface area contributed by atoms with Gasteiger partial charge in [0.1, 0.15) is 0 Å². The maximum atomic E-state index is 12.4. The monoisotopic (exact) mass is 239 g/mol. The van der Waals surface area contributed by atoms with E-state index in [-0.39, 0.29) is 5.78 Å². The van der Waals surface area contributed by atoms with Crippen LogP contribution in [0.2, 0.25) is 0 Å². The van der Waals surface area contributed by atoms with E-state index in [1.54, 1.807) is 0 Å². The van der Waals surface area contributed by atoms with Gasteiger partial charge in [0.15, 0.2) is 5.78 Å². The second-order valence-electron chi connectivity index (χ2n) is 4.47. The molecule has 2 aromatic rings. The molecule has 0 atom stereocenters. The molecule has 0 N–H and O–H groups in total. The van der Waals surface area contributed by atoms with E-state index in [0.29, 0.717) is 5.56 Å². The van der Waals surface area contributed by atoms with Crippen molar-refractivity contribution in [3.63, 3.8) is 0 Å². The van der Waals surface area contributed by atoms with Crippen molar-refractivity contribution < 1.29 is 4.79 Å². The fraction of sp³-hybridized carbons (Fsp3) is 0.250. The van der Waals surface area contributed by atoms with Gasteiger partial charge in [-0.1, -0.05) is 25.1 Å². The molecule has 1 heterocycles. The number of carbonyl (C=O) groups is 1. The third kappa shape index (κ3) is 2.48. The molecular formula is C16H17NO. The first-order valence-corrected chi connectivity index (χ1v) is 6.19. The van der Waals surface area contributed by atoms with E-state index in [0.717, 1.165) is 23.4 Å². The van der Waals surface area contributed by atoms with Crippen molar-refractivity contribution in [2.24, 2.45) is 0 Å². The molecular weight excluding hydrogens is 222 g/mol. The zero-order chi connectivity index (χ0) is 13.1. The van der Waals surface area contributed by atoms with Crippen LogP contribution in [0.4, 0.5) is 0 Å². The van der Waals surface area contributed by atoms with E-state index in [2.05, 4.69) is 11.9 Å². The summed E-state index contributed by atoms with van der Waals surface area (Å²) in [5.41, 5.74) is 4.34. The number of ketones is 1. The van der Waals surface area contributed by atoms with Crippen LogP contribution in [-0.4, -0.2) is 10.8 Å². The lowest BCUT2D eigenvalue weighted by Crippen LogP contribution is -2.06. The van der Waals surface area contributed by atoms with Crippen molar-refractivity contribution in [3.8, 4) is 0 Å². The van der Waals surface area contributed by atoms with Gasteiger partial charge >= 0.3 is 0 Å². The minimum Gasteiger partial charge on any atom is -0.289 e. The Morgan fingerprint density at radius 3 is 2.61 bits per heavy atom. The molecule has 18 heavy (non-hydrogen) atoms. The maximum Gasteiger partial charge on any atom is 0.194 e. The number of carbonyl (C=O) groups excluding carboxylic acids is 1. The number of rotatable bonds is 3. The highest BCUT2D eigenvalue weighted by atomic mass is 16.1. The van der Waals surface area contributed by atoms with Gasteiger partial charge in [-0.3, -0.25) is 9.78 Å². The number of benzene rings is 1. The molecule has 1 aromatic heterocycles. The molecule has 0 fully saturated rings. The Morgan fingerprint density at radius 1 is 1.17 bits per heavy atom. The smallest absolute Gasteiger partial charge is 0.194 e. The SMILES string of the molecule is CCc1cccc(C(=O)c2ccc(C)nc2C)c1. The lowest BCUT2D eigenvalue weighted by Gasteiger charge is -2.06. The third-order valence-electron chi connectivity index (χ3n) is 3.07. The van der Waals surface area contributed by atoms with Crippen LogP contribution < -0.4 is 0 Å². The molecule has 0 saturated heterocycles. The highest BCUT2D eigenvalue weighted by molar-refractivity contribution is 6.09. The van der Waals surface area contributed by atoms with E-state index < -0.39 is 0 Å². The second kappa shape index (κ2) is 5.13.